The SMILES string of the molecule is COC(=O)C(C)(C)[C@@H]1CC[C@H](O)CO1. The molecular weight excluding hydrogens is 184 g/mol. The van der Waals surface area contributed by atoms with Crippen molar-refractivity contribution in [2.24, 2.45) is 5.41 Å². The number of carbonyl (C=O) groups excluding carboxylic acids is 1. The Morgan fingerprint density at radius 2 is 2.14 bits per heavy atom. The number of esters is 1. The molecule has 0 bridgehead atoms. The van der Waals surface area contributed by atoms with Crippen LogP contribution in [0.5, 0.6) is 0 Å². The van der Waals surface area contributed by atoms with E-state index in [9.17, 15) is 9.90 Å². The molecule has 2 atom stereocenters. The molecule has 0 aliphatic carbocycles. The molecule has 1 N–H and O–H groups in total. The number of carbonyl (C=O) groups is 1. The molecule has 1 rings (SSSR count). The molecule has 1 saturated heterocycles. The molecular formula is C10H18O4. The zero-order valence-corrected chi connectivity index (χ0v) is 8.95. The van der Waals surface area contributed by atoms with Crippen LogP contribution < -0.4 is 0 Å². The van der Waals surface area contributed by atoms with Crippen LogP contribution in [0.3, 0.4) is 0 Å². The molecule has 82 valence electrons. The first-order valence-corrected chi connectivity index (χ1v) is 4.86. The maximum atomic E-state index is 11.4. The van der Waals surface area contributed by atoms with E-state index in [0.717, 1.165) is 0 Å². The summed E-state index contributed by atoms with van der Waals surface area (Å²) >= 11 is 0. The Labute approximate surface area is 84.2 Å². The fourth-order valence-corrected chi connectivity index (χ4v) is 1.70. The molecule has 4 heteroatoms. The minimum absolute atomic E-state index is 0.154. The Morgan fingerprint density at radius 3 is 2.57 bits per heavy atom. The number of ether oxygens (including phenoxy) is 2. The van der Waals surface area contributed by atoms with Crippen LogP contribution >= 0.6 is 0 Å². The van der Waals surface area contributed by atoms with Crippen molar-refractivity contribution in [2.75, 3.05) is 13.7 Å². The van der Waals surface area contributed by atoms with Gasteiger partial charge in [-0.3, -0.25) is 4.79 Å². The van der Waals surface area contributed by atoms with Crippen molar-refractivity contribution >= 4 is 5.97 Å². The van der Waals surface area contributed by atoms with Crippen LogP contribution in [0.4, 0.5) is 0 Å². The average Bonchev–Trinajstić information content (AvgIpc) is 2.17. The van der Waals surface area contributed by atoms with Crippen LogP contribution in [-0.4, -0.2) is 37.0 Å². The monoisotopic (exact) mass is 202 g/mol. The molecule has 1 aliphatic heterocycles. The summed E-state index contributed by atoms with van der Waals surface area (Å²) in [6.07, 6.45) is 0.840. The van der Waals surface area contributed by atoms with Gasteiger partial charge >= 0.3 is 5.97 Å². The third kappa shape index (κ3) is 2.25. The van der Waals surface area contributed by atoms with Crippen molar-refractivity contribution in [3.8, 4) is 0 Å². The van der Waals surface area contributed by atoms with E-state index >= 15 is 0 Å². The van der Waals surface area contributed by atoms with Crippen LogP contribution in [0.2, 0.25) is 0 Å². The molecule has 0 amide bonds. The summed E-state index contributed by atoms with van der Waals surface area (Å²) in [5.74, 6) is -0.265. The van der Waals surface area contributed by atoms with Crippen molar-refractivity contribution in [3.05, 3.63) is 0 Å². The van der Waals surface area contributed by atoms with Gasteiger partial charge in [0.15, 0.2) is 0 Å². The number of rotatable bonds is 2. The molecule has 14 heavy (non-hydrogen) atoms. The van der Waals surface area contributed by atoms with Crippen LogP contribution in [0.15, 0.2) is 0 Å². The number of aliphatic hydroxyl groups excluding tert-OH is 1. The Hall–Kier alpha value is -0.610. The number of aliphatic hydroxyl groups is 1. The quantitative estimate of drug-likeness (QED) is 0.670. The zero-order valence-electron chi connectivity index (χ0n) is 8.95. The maximum Gasteiger partial charge on any atom is 0.313 e. The van der Waals surface area contributed by atoms with Gasteiger partial charge in [-0.05, 0) is 26.7 Å². The van der Waals surface area contributed by atoms with Gasteiger partial charge in [-0.25, -0.2) is 0 Å². The van der Waals surface area contributed by atoms with Crippen molar-refractivity contribution in [3.63, 3.8) is 0 Å². The summed E-state index contributed by atoms with van der Waals surface area (Å²) in [6, 6.07) is 0. The lowest BCUT2D eigenvalue weighted by molar-refractivity contribution is -0.167. The molecule has 4 nitrogen and oxygen atoms in total. The molecule has 0 aromatic carbocycles. The number of methoxy groups -OCH3 is 1. The molecule has 0 saturated carbocycles. The van der Waals surface area contributed by atoms with E-state index in [-0.39, 0.29) is 18.2 Å². The molecule has 0 aromatic rings. The zero-order chi connectivity index (χ0) is 10.8. The second kappa shape index (κ2) is 4.28. The van der Waals surface area contributed by atoms with Gasteiger partial charge in [0.1, 0.15) is 0 Å². The Kier molecular flexibility index (Phi) is 3.50. The van der Waals surface area contributed by atoms with Gasteiger partial charge in [-0.15, -0.1) is 0 Å². The predicted octanol–water partition coefficient (Wildman–Crippen LogP) is 0.725. The van der Waals surface area contributed by atoms with Crippen LogP contribution in [0.1, 0.15) is 26.7 Å². The van der Waals surface area contributed by atoms with E-state index < -0.39 is 5.41 Å². The fraction of sp³-hybridized carbons (Fsp3) is 0.900. The largest absolute Gasteiger partial charge is 0.469 e. The van der Waals surface area contributed by atoms with E-state index in [1.165, 1.54) is 7.11 Å². The fourth-order valence-electron chi connectivity index (χ4n) is 1.70. The molecule has 0 radical (unpaired) electrons. The van der Waals surface area contributed by atoms with Gasteiger partial charge in [0.25, 0.3) is 0 Å². The van der Waals surface area contributed by atoms with Crippen LogP contribution in [-0.2, 0) is 14.3 Å². The summed E-state index contributed by atoms with van der Waals surface area (Å²) in [5, 5.41) is 9.25. The van der Waals surface area contributed by atoms with Crippen molar-refractivity contribution < 1.29 is 19.4 Å². The van der Waals surface area contributed by atoms with Crippen molar-refractivity contribution in [1.29, 1.82) is 0 Å². The highest BCUT2D eigenvalue weighted by molar-refractivity contribution is 5.76. The Balaban J connectivity index is 2.59. The lowest BCUT2D eigenvalue weighted by atomic mass is 9.82. The summed E-state index contributed by atoms with van der Waals surface area (Å²) in [5.41, 5.74) is -0.630. The molecule has 0 unspecified atom stereocenters. The summed E-state index contributed by atoms with van der Waals surface area (Å²) in [4.78, 5) is 11.4. The average molecular weight is 202 g/mol. The topological polar surface area (TPSA) is 55.8 Å². The minimum atomic E-state index is -0.630. The van der Waals surface area contributed by atoms with Gasteiger partial charge in [-0.2, -0.15) is 0 Å². The first-order valence-electron chi connectivity index (χ1n) is 4.86. The lowest BCUT2D eigenvalue weighted by Gasteiger charge is -2.35. The van der Waals surface area contributed by atoms with Crippen LogP contribution in [0, 0.1) is 5.41 Å². The second-order valence-corrected chi connectivity index (χ2v) is 4.27. The molecule has 1 fully saturated rings. The van der Waals surface area contributed by atoms with Gasteiger partial charge in [0.05, 0.1) is 31.3 Å². The highest BCUT2D eigenvalue weighted by Crippen LogP contribution is 2.31. The Morgan fingerprint density at radius 1 is 1.50 bits per heavy atom. The molecule has 1 heterocycles. The summed E-state index contributed by atoms with van der Waals surface area (Å²) in [6.45, 7) is 3.92. The van der Waals surface area contributed by atoms with E-state index in [1.807, 2.05) is 0 Å². The predicted molar refractivity (Wildman–Crippen MR) is 50.8 cm³/mol. The van der Waals surface area contributed by atoms with Crippen molar-refractivity contribution in [1.82, 2.24) is 0 Å². The second-order valence-electron chi connectivity index (χ2n) is 4.27. The van der Waals surface area contributed by atoms with E-state index in [2.05, 4.69) is 0 Å². The standard InChI is InChI=1S/C10H18O4/c1-10(2,9(12)13-3)8-5-4-7(11)6-14-8/h7-8,11H,4-6H2,1-3H3/t7-,8-/m0/s1. The minimum Gasteiger partial charge on any atom is -0.469 e. The molecule has 1 aliphatic rings. The highest BCUT2D eigenvalue weighted by Gasteiger charge is 2.40. The van der Waals surface area contributed by atoms with Gasteiger partial charge in [0.2, 0.25) is 0 Å². The van der Waals surface area contributed by atoms with Gasteiger partial charge in [-0.1, -0.05) is 0 Å². The summed E-state index contributed by atoms with van der Waals surface area (Å²) < 4.78 is 10.1. The first kappa shape index (κ1) is 11.5. The van der Waals surface area contributed by atoms with Crippen molar-refractivity contribution in [2.45, 2.75) is 38.9 Å². The van der Waals surface area contributed by atoms with E-state index in [0.29, 0.717) is 19.4 Å². The normalized spacial score (nSPS) is 28.6. The molecule has 0 aromatic heterocycles. The van der Waals surface area contributed by atoms with E-state index in [4.69, 9.17) is 9.47 Å². The maximum absolute atomic E-state index is 11.4. The highest BCUT2D eigenvalue weighted by atomic mass is 16.5. The first-order chi connectivity index (χ1) is 6.48. The molecule has 0 spiro atoms. The van der Waals surface area contributed by atoms with E-state index in [1.54, 1.807) is 13.8 Å². The van der Waals surface area contributed by atoms with Gasteiger partial charge < -0.3 is 14.6 Å². The third-order valence-corrected chi connectivity index (χ3v) is 2.77. The third-order valence-electron chi connectivity index (χ3n) is 2.77. The number of hydrogen-bond acceptors (Lipinski definition) is 4. The summed E-state index contributed by atoms with van der Waals surface area (Å²) in [7, 11) is 1.38. The number of hydrogen-bond donors (Lipinski definition) is 1. The van der Waals surface area contributed by atoms with Crippen LogP contribution in [0.25, 0.3) is 0 Å². The lowest BCUT2D eigenvalue weighted by Crippen LogP contribution is -2.44. The Bertz CT molecular complexity index is 204. The van der Waals surface area contributed by atoms with Gasteiger partial charge in [0, 0.05) is 0 Å². The smallest absolute Gasteiger partial charge is 0.313 e.